The summed E-state index contributed by atoms with van der Waals surface area (Å²) in [5.74, 6) is 0.299. The zero-order valence-electron chi connectivity index (χ0n) is 11.6. The third kappa shape index (κ3) is 3.18. The van der Waals surface area contributed by atoms with E-state index in [-0.39, 0.29) is 5.76 Å². The van der Waals surface area contributed by atoms with Crippen molar-refractivity contribution in [3.05, 3.63) is 23.7 Å². The molecular weight excluding hydrogens is 244 g/mol. The van der Waals surface area contributed by atoms with E-state index in [0.29, 0.717) is 30.4 Å². The first-order chi connectivity index (χ1) is 8.90. The Kier molecular flexibility index (Phi) is 3.99. The van der Waals surface area contributed by atoms with E-state index in [0.717, 1.165) is 19.3 Å². The molecule has 1 aromatic heterocycles. The van der Waals surface area contributed by atoms with Gasteiger partial charge in [0.25, 0.3) is 0 Å². The van der Waals surface area contributed by atoms with Crippen LogP contribution in [0.5, 0.6) is 0 Å². The molecule has 0 bridgehead atoms. The molecule has 4 nitrogen and oxygen atoms in total. The fourth-order valence-electron chi connectivity index (χ4n) is 3.16. The first-order valence-corrected chi connectivity index (χ1v) is 6.97. The van der Waals surface area contributed by atoms with E-state index in [1.165, 1.54) is 6.07 Å². The topological polar surface area (TPSA) is 70.7 Å². The number of rotatable bonds is 4. The third-order valence-corrected chi connectivity index (χ3v) is 3.91. The molecule has 106 valence electrons. The Labute approximate surface area is 113 Å². The van der Waals surface area contributed by atoms with Gasteiger partial charge in [-0.2, -0.15) is 0 Å². The van der Waals surface area contributed by atoms with Gasteiger partial charge in [0, 0.05) is 0 Å². The van der Waals surface area contributed by atoms with Gasteiger partial charge in [0.05, 0.1) is 0 Å². The van der Waals surface area contributed by atoms with Crippen LogP contribution in [0.4, 0.5) is 0 Å². The molecule has 1 fully saturated rings. The van der Waals surface area contributed by atoms with E-state index in [9.17, 15) is 9.90 Å². The van der Waals surface area contributed by atoms with Gasteiger partial charge in [-0.05, 0) is 49.7 Å². The summed E-state index contributed by atoms with van der Waals surface area (Å²) in [6, 6.07) is 3.02. The summed E-state index contributed by atoms with van der Waals surface area (Å²) in [6.07, 6.45) is 4.49. The maximum absolute atomic E-state index is 10.8. The normalized spacial score (nSPS) is 27.7. The molecule has 1 aliphatic carbocycles. The lowest BCUT2D eigenvalue weighted by molar-refractivity contribution is -0.0420. The molecule has 0 aliphatic heterocycles. The van der Waals surface area contributed by atoms with Crippen LogP contribution in [-0.4, -0.2) is 16.2 Å². The first kappa shape index (κ1) is 14.1. The molecule has 1 saturated carbocycles. The number of carboxylic acid groups (broad SMARTS) is 1. The molecule has 2 atom stereocenters. The van der Waals surface area contributed by atoms with E-state index in [2.05, 4.69) is 13.8 Å². The molecule has 2 N–H and O–H groups in total. The molecule has 0 radical (unpaired) electrons. The molecule has 4 heteroatoms. The summed E-state index contributed by atoms with van der Waals surface area (Å²) >= 11 is 0. The van der Waals surface area contributed by atoms with Crippen LogP contribution in [0, 0.1) is 11.8 Å². The highest BCUT2D eigenvalue weighted by atomic mass is 16.4. The highest BCUT2D eigenvalue weighted by molar-refractivity contribution is 5.84. The number of carbonyl (C=O) groups is 1. The minimum absolute atomic E-state index is 0.102. The van der Waals surface area contributed by atoms with E-state index in [1.54, 1.807) is 6.07 Å². The molecule has 0 spiro atoms. The Bertz CT molecular complexity index is 449. The molecule has 1 aliphatic rings. The summed E-state index contributed by atoms with van der Waals surface area (Å²) in [7, 11) is 0. The first-order valence-electron chi connectivity index (χ1n) is 6.97. The zero-order chi connectivity index (χ0) is 14.0. The van der Waals surface area contributed by atoms with Gasteiger partial charge in [0.2, 0.25) is 5.76 Å². The molecule has 1 heterocycles. The van der Waals surface area contributed by atoms with Crippen LogP contribution in [0.1, 0.15) is 62.3 Å². The predicted molar refractivity (Wildman–Crippen MR) is 71.0 cm³/mol. The van der Waals surface area contributed by atoms with Gasteiger partial charge >= 0.3 is 5.97 Å². The van der Waals surface area contributed by atoms with Crippen LogP contribution < -0.4 is 0 Å². The van der Waals surface area contributed by atoms with E-state index in [4.69, 9.17) is 9.52 Å². The van der Waals surface area contributed by atoms with Crippen LogP contribution in [0.2, 0.25) is 0 Å². The maximum atomic E-state index is 10.8. The second-order valence-corrected chi connectivity index (χ2v) is 6.09. The standard InChI is InChI=1S/C15H22O4/c1-10(2)8-11-4-3-7-15(18,9-11)13-6-5-12(19-13)14(16)17/h5-6,10-11,18H,3-4,7-9H2,1-2H3,(H,16,17). The fourth-order valence-corrected chi connectivity index (χ4v) is 3.16. The number of aliphatic hydroxyl groups is 1. The van der Waals surface area contributed by atoms with Crippen molar-refractivity contribution in [2.75, 3.05) is 0 Å². The monoisotopic (exact) mass is 266 g/mol. The van der Waals surface area contributed by atoms with Crippen molar-refractivity contribution < 1.29 is 19.4 Å². The number of carboxylic acids is 1. The van der Waals surface area contributed by atoms with Gasteiger partial charge in [-0.25, -0.2) is 4.79 Å². The Balaban J connectivity index is 2.13. The number of hydrogen-bond acceptors (Lipinski definition) is 3. The van der Waals surface area contributed by atoms with Gasteiger partial charge in [0.15, 0.2) is 0 Å². The predicted octanol–water partition coefficient (Wildman–Crippen LogP) is 3.40. The minimum atomic E-state index is -1.09. The SMILES string of the molecule is CC(C)CC1CCCC(O)(c2ccc(C(=O)O)o2)C1. The summed E-state index contributed by atoms with van der Waals surface area (Å²) in [4.78, 5) is 10.8. The van der Waals surface area contributed by atoms with Gasteiger partial charge < -0.3 is 14.6 Å². The number of furan rings is 1. The minimum Gasteiger partial charge on any atom is -0.475 e. The average Bonchev–Trinajstić information content (AvgIpc) is 2.77. The van der Waals surface area contributed by atoms with Crippen LogP contribution >= 0.6 is 0 Å². The summed E-state index contributed by atoms with van der Waals surface area (Å²) < 4.78 is 5.29. The van der Waals surface area contributed by atoms with E-state index >= 15 is 0 Å². The summed E-state index contributed by atoms with van der Waals surface area (Å²) in [5.41, 5.74) is -0.995. The van der Waals surface area contributed by atoms with Crippen LogP contribution in [0.3, 0.4) is 0 Å². The smallest absolute Gasteiger partial charge is 0.371 e. The molecule has 0 aromatic carbocycles. The Morgan fingerprint density at radius 3 is 2.84 bits per heavy atom. The van der Waals surface area contributed by atoms with Gasteiger partial charge in [0.1, 0.15) is 11.4 Å². The lowest BCUT2D eigenvalue weighted by Crippen LogP contribution is -2.32. The zero-order valence-corrected chi connectivity index (χ0v) is 11.6. The van der Waals surface area contributed by atoms with Crippen molar-refractivity contribution in [3.63, 3.8) is 0 Å². The highest BCUT2D eigenvalue weighted by Crippen LogP contribution is 2.42. The molecule has 19 heavy (non-hydrogen) atoms. The number of hydrogen-bond donors (Lipinski definition) is 2. The van der Waals surface area contributed by atoms with Crippen molar-refractivity contribution in [2.45, 2.75) is 51.6 Å². The molecule has 2 unspecified atom stereocenters. The Morgan fingerprint density at radius 2 is 2.26 bits per heavy atom. The van der Waals surface area contributed by atoms with Crippen molar-refractivity contribution in [1.82, 2.24) is 0 Å². The molecule has 2 rings (SSSR count). The number of aromatic carboxylic acids is 1. The van der Waals surface area contributed by atoms with Crippen LogP contribution in [0.25, 0.3) is 0 Å². The van der Waals surface area contributed by atoms with Crippen molar-refractivity contribution >= 4 is 5.97 Å². The maximum Gasteiger partial charge on any atom is 0.371 e. The van der Waals surface area contributed by atoms with Crippen molar-refractivity contribution in [2.24, 2.45) is 11.8 Å². The summed E-state index contributed by atoms with van der Waals surface area (Å²) in [5, 5.41) is 19.6. The quantitative estimate of drug-likeness (QED) is 0.876. The second-order valence-electron chi connectivity index (χ2n) is 6.09. The van der Waals surface area contributed by atoms with E-state index in [1.807, 2.05) is 0 Å². The fraction of sp³-hybridized carbons (Fsp3) is 0.667. The molecule has 0 amide bonds. The lowest BCUT2D eigenvalue weighted by atomic mass is 9.74. The average molecular weight is 266 g/mol. The Hall–Kier alpha value is -1.29. The highest BCUT2D eigenvalue weighted by Gasteiger charge is 2.38. The van der Waals surface area contributed by atoms with Crippen molar-refractivity contribution in [3.8, 4) is 0 Å². The van der Waals surface area contributed by atoms with Crippen LogP contribution in [0.15, 0.2) is 16.5 Å². The molecule has 0 saturated heterocycles. The van der Waals surface area contributed by atoms with E-state index < -0.39 is 11.6 Å². The summed E-state index contributed by atoms with van der Waals surface area (Å²) in [6.45, 7) is 4.37. The largest absolute Gasteiger partial charge is 0.475 e. The molecule has 1 aromatic rings. The molecular formula is C15H22O4. The second kappa shape index (κ2) is 5.37. The van der Waals surface area contributed by atoms with Gasteiger partial charge in [-0.3, -0.25) is 0 Å². The Morgan fingerprint density at radius 1 is 1.53 bits per heavy atom. The van der Waals surface area contributed by atoms with Crippen molar-refractivity contribution in [1.29, 1.82) is 0 Å². The lowest BCUT2D eigenvalue weighted by Gasteiger charge is -2.36. The van der Waals surface area contributed by atoms with Gasteiger partial charge in [-0.15, -0.1) is 0 Å². The van der Waals surface area contributed by atoms with Gasteiger partial charge in [-0.1, -0.05) is 20.3 Å². The third-order valence-electron chi connectivity index (χ3n) is 3.91. The van der Waals surface area contributed by atoms with Crippen LogP contribution in [-0.2, 0) is 5.60 Å².